The van der Waals surface area contributed by atoms with E-state index in [-0.39, 0.29) is 0 Å². The van der Waals surface area contributed by atoms with E-state index in [2.05, 4.69) is 26.2 Å². The van der Waals surface area contributed by atoms with Gasteiger partial charge in [-0.2, -0.15) is 0 Å². The van der Waals surface area contributed by atoms with Crippen LogP contribution in [0.3, 0.4) is 0 Å². The average molecular weight is 424 g/mol. The van der Waals surface area contributed by atoms with Crippen LogP contribution in [-0.2, 0) is 19.5 Å². The summed E-state index contributed by atoms with van der Waals surface area (Å²) in [5, 5.41) is 1.43. The predicted molar refractivity (Wildman–Crippen MR) is 115 cm³/mol. The summed E-state index contributed by atoms with van der Waals surface area (Å²) < 4.78 is 2.09. The van der Waals surface area contributed by atoms with Gasteiger partial charge in [0.25, 0.3) is 0 Å². The summed E-state index contributed by atoms with van der Waals surface area (Å²) in [5.74, 6) is 0.751. The molecular weight excluding hydrogens is 405 g/mol. The van der Waals surface area contributed by atoms with E-state index >= 15 is 0 Å². The Kier molecular flexibility index (Phi) is 4.74. The second kappa shape index (κ2) is 7.41. The number of pyridine rings is 1. The number of fused-ring (bicyclic) bond motifs is 2. The Morgan fingerprint density at radius 2 is 1.79 bits per heavy atom. The lowest BCUT2D eigenvalue weighted by Gasteiger charge is -2.28. The zero-order valence-corrected chi connectivity index (χ0v) is 17.5. The van der Waals surface area contributed by atoms with Crippen LogP contribution in [0.1, 0.15) is 22.6 Å². The third-order valence-electron chi connectivity index (χ3n) is 5.37. The van der Waals surface area contributed by atoms with Crippen LogP contribution in [0.5, 0.6) is 0 Å². The number of nitrogens with zero attached hydrogens (tertiary/aromatic N) is 5. The number of hydrogen-bond donors (Lipinski definition) is 0. The molecule has 5 nitrogen and oxygen atoms in total. The molecule has 5 rings (SSSR count). The summed E-state index contributed by atoms with van der Waals surface area (Å²) in [7, 11) is 0. The van der Waals surface area contributed by atoms with Crippen molar-refractivity contribution in [2.45, 2.75) is 26.4 Å². The lowest BCUT2D eigenvalue weighted by atomic mass is 10.1. The molecule has 0 spiro atoms. The van der Waals surface area contributed by atoms with Crippen molar-refractivity contribution in [2.75, 3.05) is 6.54 Å². The van der Waals surface area contributed by atoms with Gasteiger partial charge >= 0.3 is 0 Å². The molecule has 146 valence electrons. The molecule has 7 heteroatoms. The molecule has 4 heterocycles. The standard InChI is InChI=1S/C22H19Cl2N5/c1-14-20(29-12-18(24)6-7-21(29)26-14)13-28-9-8-19-16(11-28)10-25-22(27-19)15-2-4-17(23)5-3-15/h2-7,10,12H,8-9,11,13H2,1H3. The second-order valence-electron chi connectivity index (χ2n) is 7.35. The predicted octanol–water partition coefficient (Wildman–Crippen LogP) is 4.96. The zero-order valence-electron chi connectivity index (χ0n) is 15.9. The number of aromatic nitrogens is 4. The minimum Gasteiger partial charge on any atom is -0.301 e. The van der Waals surface area contributed by atoms with Crippen molar-refractivity contribution in [3.05, 3.63) is 81.5 Å². The fourth-order valence-electron chi connectivity index (χ4n) is 3.83. The van der Waals surface area contributed by atoms with Gasteiger partial charge in [-0.15, -0.1) is 0 Å². The molecule has 4 aromatic rings. The summed E-state index contributed by atoms with van der Waals surface area (Å²) in [4.78, 5) is 16.5. The molecule has 0 radical (unpaired) electrons. The van der Waals surface area contributed by atoms with Crippen molar-refractivity contribution in [2.24, 2.45) is 0 Å². The highest BCUT2D eigenvalue weighted by molar-refractivity contribution is 6.30. The molecule has 0 saturated carbocycles. The topological polar surface area (TPSA) is 46.3 Å². The van der Waals surface area contributed by atoms with Crippen molar-refractivity contribution in [3.8, 4) is 11.4 Å². The summed E-state index contributed by atoms with van der Waals surface area (Å²) in [6.07, 6.45) is 4.79. The number of imidazole rings is 1. The Bertz CT molecular complexity index is 1200. The smallest absolute Gasteiger partial charge is 0.159 e. The highest BCUT2D eigenvalue weighted by Crippen LogP contribution is 2.24. The molecule has 0 atom stereocenters. The van der Waals surface area contributed by atoms with Crippen LogP contribution in [0, 0.1) is 6.92 Å². The first-order chi connectivity index (χ1) is 14.1. The molecule has 1 aliphatic heterocycles. The molecular formula is C22H19Cl2N5. The Balaban J connectivity index is 1.38. The highest BCUT2D eigenvalue weighted by atomic mass is 35.5. The third kappa shape index (κ3) is 3.62. The van der Waals surface area contributed by atoms with E-state index in [4.69, 9.17) is 28.2 Å². The van der Waals surface area contributed by atoms with Gasteiger partial charge in [-0.05, 0) is 43.3 Å². The Morgan fingerprint density at radius 3 is 2.62 bits per heavy atom. The van der Waals surface area contributed by atoms with Gasteiger partial charge in [0.1, 0.15) is 5.65 Å². The summed E-state index contributed by atoms with van der Waals surface area (Å²) in [5.41, 5.74) is 6.42. The van der Waals surface area contributed by atoms with Crippen LogP contribution in [0.15, 0.2) is 48.8 Å². The molecule has 0 aliphatic carbocycles. The lowest BCUT2D eigenvalue weighted by Crippen LogP contribution is -2.31. The molecule has 3 aromatic heterocycles. The van der Waals surface area contributed by atoms with Crippen LogP contribution in [0.25, 0.3) is 17.0 Å². The summed E-state index contributed by atoms with van der Waals surface area (Å²) >= 11 is 12.2. The fourth-order valence-corrected chi connectivity index (χ4v) is 4.12. The van der Waals surface area contributed by atoms with E-state index in [0.717, 1.165) is 54.5 Å². The maximum atomic E-state index is 6.20. The fraction of sp³-hybridized carbons (Fsp3) is 0.227. The number of hydrogen-bond acceptors (Lipinski definition) is 4. The van der Waals surface area contributed by atoms with Gasteiger partial charge in [-0.3, -0.25) is 4.90 Å². The van der Waals surface area contributed by atoms with Gasteiger partial charge in [-0.1, -0.05) is 23.2 Å². The van der Waals surface area contributed by atoms with E-state index in [1.54, 1.807) is 0 Å². The van der Waals surface area contributed by atoms with Gasteiger partial charge < -0.3 is 4.40 Å². The molecule has 29 heavy (non-hydrogen) atoms. The van der Waals surface area contributed by atoms with Gasteiger partial charge in [0.2, 0.25) is 0 Å². The van der Waals surface area contributed by atoms with Crippen molar-refractivity contribution < 1.29 is 0 Å². The first kappa shape index (κ1) is 18.6. The van der Waals surface area contributed by atoms with Gasteiger partial charge in [0.15, 0.2) is 5.82 Å². The zero-order chi connectivity index (χ0) is 20.0. The molecule has 0 N–H and O–H groups in total. The minimum atomic E-state index is 0.711. The minimum absolute atomic E-state index is 0.711. The van der Waals surface area contributed by atoms with Crippen LogP contribution < -0.4 is 0 Å². The number of rotatable bonds is 3. The molecule has 0 fully saturated rings. The van der Waals surface area contributed by atoms with Crippen molar-refractivity contribution in [1.29, 1.82) is 0 Å². The van der Waals surface area contributed by atoms with E-state index < -0.39 is 0 Å². The lowest BCUT2D eigenvalue weighted by molar-refractivity contribution is 0.239. The van der Waals surface area contributed by atoms with Gasteiger partial charge in [-0.25, -0.2) is 15.0 Å². The SMILES string of the molecule is Cc1nc2ccc(Cl)cn2c1CN1CCc2nc(-c3ccc(Cl)cc3)ncc2C1. The van der Waals surface area contributed by atoms with E-state index in [1.165, 1.54) is 11.3 Å². The van der Waals surface area contributed by atoms with E-state index in [1.807, 2.05) is 48.8 Å². The molecule has 1 aliphatic rings. The van der Waals surface area contributed by atoms with Crippen LogP contribution in [-0.4, -0.2) is 30.8 Å². The summed E-state index contributed by atoms with van der Waals surface area (Å²) in [6.45, 7) is 4.63. The second-order valence-corrected chi connectivity index (χ2v) is 8.23. The number of benzene rings is 1. The van der Waals surface area contributed by atoms with Crippen molar-refractivity contribution in [1.82, 2.24) is 24.3 Å². The Labute approximate surface area is 179 Å². The molecule has 0 amide bonds. The number of halogens is 2. The molecule has 0 unspecified atom stereocenters. The molecule has 0 saturated heterocycles. The molecule has 1 aromatic carbocycles. The normalized spacial score (nSPS) is 14.3. The monoisotopic (exact) mass is 423 g/mol. The van der Waals surface area contributed by atoms with Crippen molar-refractivity contribution in [3.63, 3.8) is 0 Å². The highest BCUT2D eigenvalue weighted by Gasteiger charge is 2.21. The van der Waals surface area contributed by atoms with Crippen LogP contribution in [0.4, 0.5) is 0 Å². The Morgan fingerprint density at radius 1 is 1.00 bits per heavy atom. The molecule has 0 bridgehead atoms. The summed E-state index contributed by atoms with van der Waals surface area (Å²) in [6, 6.07) is 11.5. The van der Waals surface area contributed by atoms with E-state index in [0.29, 0.717) is 10.0 Å². The maximum Gasteiger partial charge on any atom is 0.159 e. The first-order valence-corrected chi connectivity index (χ1v) is 10.3. The maximum absolute atomic E-state index is 6.20. The number of aryl methyl sites for hydroxylation is 1. The van der Waals surface area contributed by atoms with Gasteiger partial charge in [0, 0.05) is 54.6 Å². The van der Waals surface area contributed by atoms with Crippen molar-refractivity contribution >= 4 is 28.8 Å². The first-order valence-electron chi connectivity index (χ1n) is 9.53. The van der Waals surface area contributed by atoms with Gasteiger partial charge in [0.05, 0.1) is 22.1 Å². The largest absolute Gasteiger partial charge is 0.301 e. The average Bonchev–Trinajstić information content (AvgIpc) is 3.03. The van der Waals surface area contributed by atoms with Crippen LogP contribution >= 0.6 is 23.2 Å². The third-order valence-corrected chi connectivity index (χ3v) is 5.85. The quantitative estimate of drug-likeness (QED) is 0.466. The van der Waals surface area contributed by atoms with E-state index in [9.17, 15) is 0 Å². The van der Waals surface area contributed by atoms with Crippen LogP contribution in [0.2, 0.25) is 10.0 Å². The Hall–Kier alpha value is -2.47.